The molecule has 0 aromatic carbocycles. The Labute approximate surface area is 91.1 Å². The average molecular weight is 208 g/mol. The van der Waals surface area contributed by atoms with Crippen molar-refractivity contribution in [2.24, 2.45) is 0 Å². The van der Waals surface area contributed by atoms with E-state index in [0.717, 1.165) is 25.3 Å². The van der Waals surface area contributed by atoms with Crippen LogP contribution in [0.2, 0.25) is 0 Å². The third kappa shape index (κ3) is 1.67. The van der Waals surface area contributed by atoms with Crippen molar-refractivity contribution in [3.05, 3.63) is 12.2 Å². The summed E-state index contributed by atoms with van der Waals surface area (Å²) in [6, 6.07) is 0.444. The minimum absolute atomic E-state index is 0.209. The highest BCUT2D eigenvalue weighted by Crippen LogP contribution is 2.33. The van der Waals surface area contributed by atoms with Crippen molar-refractivity contribution in [3.8, 4) is 0 Å². The minimum Gasteiger partial charge on any atom is -0.316 e. The Morgan fingerprint density at radius 1 is 1.60 bits per heavy atom. The second-order valence-corrected chi connectivity index (χ2v) is 4.72. The lowest BCUT2D eigenvalue weighted by molar-refractivity contribution is 0.390. The van der Waals surface area contributed by atoms with Gasteiger partial charge in [-0.05, 0) is 33.2 Å². The van der Waals surface area contributed by atoms with Gasteiger partial charge < -0.3 is 9.88 Å². The summed E-state index contributed by atoms with van der Waals surface area (Å²) in [6.45, 7) is 8.73. The molecule has 4 heteroatoms. The molecule has 84 valence electrons. The molecule has 1 aromatic rings. The fraction of sp³-hybridized carbons (Fsp3) is 0.818. The minimum atomic E-state index is 0.209. The van der Waals surface area contributed by atoms with Crippen LogP contribution in [0.3, 0.4) is 0 Å². The predicted octanol–water partition coefficient (Wildman–Crippen LogP) is 1.50. The van der Waals surface area contributed by atoms with Gasteiger partial charge in [-0.3, -0.25) is 0 Å². The van der Waals surface area contributed by atoms with Gasteiger partial charge in [-0.15, -0.1) is 10.2 Å². The summed E-state index contributed by atoms with van der Waals surface area (Å²) in [7, 11) is 0. The number of hydrogen-bond acceptors (Lipinski definition) is 3. The standard InChI is InChI=1S/C11H20N4/c1-4-11(5-6-12-7-11)10-14-13-8-15(10)9(2)3/h8-9,12H,4-7H2,1-3H3. The molecule has 1 aliphatic rings. The summed E-state index contributed by atoms with van der Waals surface area (Å²) in [5.41, 5.74) is 0.209. The molecular formula is C11H20N4. The number of aromatic nitrogens is 3. The Kier molecular flexibility index (Phi) is 2.78. The Hall–Kier alpha value is -0.900. The monoisotopic (exact) mass is 208 g/mol. The zero-order chi connectivity index (χ0) is 10.9. The maximum atomic E-state index is 4.34. The summed E-state index contributed by atoms with van der Waals surface area (Å²) in [4.78, 5) is 0. The van der Waals surface area contributed by atoms with Crippen molar-refractivity contribution in [2.45, 2.75) is 45.1 Å². The third-order valence-electron chi connectivity index (χ3n) is 3.52. The van der Waals surface area contributed by atoms with Gasteiger partial charge in [0.15, 0.2) is 0 Å². The van der Waals surface area contributed by atoms with Crippen molar-refractivity contribution >= 4 is 0 Å². The maximum absolute atomic E-state index is 4.34. The van der Waals surface area contributed by atoms with E-state index in [0.29, 0.717) is 6.04 Å². The molecule has 0 spiro atoms. The first kappa shape index (κ1) is 10.6. The van der Waals surface area contributed by atoms with Crippen LogP contribution in [0.25, 0.3) is 0 Å². The summed E-state index contributed by atoms with van der Waals surface area (Å²) in [6.07, 6.45) is 4.16. The average Bonchev–Trinajstić information content (AvgIpc) is 2.87. The van der Waals surface area contributed by atoms with E-state index in [9.17, 15) is 0 Å². The summed E-state index contributed by atoms with van der Waals surface area (Å²) < 4.78 is 2.20. The largest absolute Gasteiger partial charge is 0.316 e. The van der Waals surface area contributed by atoms with E-state index in [1.54, 1.807) is 0 Å². The lowest BCUT2D eigenvalue weighted by atomic mass is 9.83. The lowest BCUT2D eigenvalue weighted by Crippen LogP contribution is -2.32. The van der Waals surface area contributed by atoms with Gasteiger partial charge in [-0.2, -0.15) is 0 Å². The second kappa shape index (κ2) is 3.93. The van der Waals surface area contributed by atoms with Crippen LogP contribution in [0.4, 0.5) is 0 Å². The molecule has 1 saturated heterocycles. The predicted molar refractivity (Wildman–Crippen MR) is 59.9 cm³/mol. The molecule has 1 N–H and O–H groups in total. The molecule has 1 aliphatic heterocycles. The van der Waals surface area contributed by atoms with E-state index in [1.165, 1.54) is 6.42 Å². The molecule has 2 heterocycles. The molecule has 15 heavy (non-hydrogen) atoms. The summed E-state index contributed by atoms with van der Waals surface area (Å²) in [5.74, 6) is 1.16. The van der Waals surface area contributed by atoms with Gasteiger partial charge in [0.25, 0.3) is 0 Å². The molecule has 1 atom stereocenters. The van der Waals surface area contributed by atoms with Crippen LogP contribution in [0, 0.1) is 0 Å². The van der Waals surface area contributed by atoms with Crippen LogP contribution in [0.5, 0.6) is 0 Å². The van der Waals surface area contributed by atoms with E-state index in [4.69, 9.17) is 0 Å². The number of hydrogen-bond donors (Lipinski definition) is 1. The molecular weight excluding hydrogens is 188 g/mol. The first-order valence-corrected chi connectivity index (χ1v) is 5.80. The highest BCUT2D eigenvalue weighted by molar-refractivity contribution is 5.12. The van der Waals surface area contributed by atoms with Crippen LogP contribution in [-0.2, 0) is 5.41 Å². The fourth-order valence-electron chi connectivity index (χ4n) is 2.39. The molecule has 0 saturated carbocycles. The molecule has 0 aliphatic carbocycles. The first-order valence-electron chi connectivity index (χ1n) is 5.80. The van der Waals surface area contributed by atoms with Gasteiger partial charge in [0.1, 0.15) is 12.2 Å². The molecule has 4 nitrogen and oxygen atoms in total. The topological polar surface area (TPSA) is 42.7 Å². The Bertz CT molecular complexity index is 323. The quantitative estimate of drug-likeness (QED) is 0.818. The van der Waals surface area contributed by atoms with Crippen molar-refractivity contribution in [2.75, 3.05) is 13.1 Å². The van der Waals surface area contributed by atoms with Gasteiger partial charge in [0.05, 0.1) is 0 Å². The van der Waals surface area contributed by atoms with Gasteiger partial charge in [0, 0.05) is 18.0 Å². The van der Waals surface area contributed by atoms with Gasteiger partial charge in [-0.1, -0.05) is 6.92 Å². The fourth-order valence-corrected chi connectivity index (χ4v) is 2.39. The van der Waals surface area contributed by atoms with E-state index in [1.807, 2.05) is 6.33 Å². The molecule has 2 rings (SSSR count). The van der Waals surface area contributed by atoms with Crippen LogP contribution in [-0.4, -0.2) is 27.9 Å². The molecule has 0 bridgehead atoms. The van der Waals surface area contributed by atoms with Crippen LogP contribution in [0.1, 0.15) is 45.5 Å². The highest BCUT2D eigenvalue weighted by atomic mass is 15.3. The van der Waals surface area contributed by atoms with E-state index >= 15 is 0 Å². The van der Waals surface area contributed by atoms with Crippen LogP contribution in [0.15, 0.2) is 6.33 Å². The lowest BCUT2D eigenvalue weighted by Gasteiger charge is -2.27. The molecule has 0 radical (unpaired) electrons. The van der Waals surface area contributed by atoms with Gasteiger partial charge in [0.2, 0.25) is 0 Å². The van der Waals surface area contributed by atoms with Crippen LogP contribution >= 0.6 is 0 Å². The Morgan fingerprint density at radius 2 is 2.40 bits per heavy atom. The van der Waals surface area contributed by atoms with Gasteiger partial charge >= 0.3 is 0 Å². The SMILES string of the molecule is CCC1(c2nncn2C(C)C)CCNC1. The first-order chi connectivity index (χ1) is 7.19. The molecule has 1 fully saturated rings. The third-order valence-corrected chi connectivity index (χ3v) is 3.52. The maximum Gasteiger partial charge on any atom is 0.140 e. The normalized spacial score (nSPS) is 26.4. The zero-order valence-electron chi connectivity index (χ0n) is 9.82. The Balaban J connectivity index is 2.38. The molecule has 1 aromatic heterocycles. The van der Waals surface area contributed by atoms with Crippen molar-refractivity contribution in [1.82, 2.24) is 20.1 Å². The van der Waals surface area contributed by atoms with Gasteiger partial charge in [-0.25, -0.2) is 0 Å². The smallest absolute Gasteiger partial charge is 0.140 e. The van der Waals surface area contributed by atoms with Crippen molar-refractivity contribution in [3.63, 3.8) is 0 Å². The number of nitrogens with one attached hydrogen (secondary N) is 1. The molecule has 1 unspecified atom stereocenters. The van der Waals surface area contributed by atoms with Crippen molar-refractivity contribution in [1.29, 1.82) is 0 Å². The second-order valence-electron chi connectivity index (χ2n) is 4.72. The van der Waals surface area contributed by atoms with Crippen LogP contribution < -0.4 is 5.32 Å². The summed E-state index contributed by atoms with van der Waals surface area (Å²) >= 11 is 0. The van der Waals surface area contributed by atoms with E-state index in [-0.39, 0.29) is 5.41 Å². The molecule has 0 amide bonds. The highest BCUT2D eigenvalue weighted by Gasteiger charge is 2.38. The zero-order valence-corrected chi connectivity index (χ0v) is 9.82. The number of nitrogens with zero attached hydrogens (tertiary/aromatic N) is 3. The van der Waals surface area contributed by atoms with E-state index < -0.39 is 0 Å². The Morgan fingerprint density at radius 3 is 2.93 bits per heavy atom. The number of rotatable bonds is 3. The summed E-state index contributed by atoms with van der Waals surface area (Å²) in [5, 5.41) is 11.8. The van der Waals surface area contributed by atoms with E-state index in [2.05, 4.69) is 40.9 Å². The van der Waals surface area contributed by atoms with Crippen molar-refractivity contribution < 1.29 is 0 Å².